The van der Waals surface area contributed by atoms with Crippen LogP contribution in [0.5, 0.6) is 5.75 Å². The minimum Gasteiger partial charge on any atom is -0.494 e. The fourth-order valence-corrected chi connectivity index (χ4v) is 2.39. The van der Waals surface area contributed by atoms with E-state index in [1.54, 1.807) is 0 Å². The third kappa shape index (κ3) is 3.94. The van der Waals surface area contributed by atoms with Gasteiger partial charge in [-0.2, -0.15) is 5.10 Å². The number of anilines is 1. The fraction of sp³-hybridized carbons (Fsp3) is 0.105. The minimum absolute atomic E-state index is 0.0620. The average molecular weight is 353 g/mol. The van der Waals surface area contributed by atoms with Crippen LogP contribution in [0, 0.1) is 5.82 Å². The van der Waals surface area contributed by atoms with Gasteiger partial charge >= 0.3 is 0 Å². The van der Waals surface area contributed by atoms with Crippen molar-refractivity contribution in [1.29, 1.82) is 0 Å². The third-order valence-electron chi connectivity index (χ3n) is 3.69. The molecule has 0 spiro atoms. The number of nitrogens with one attached hydrogen (secondary N) is 1. The first-order valence-electron chi connectivity index (χ1n) is 7.84. The molecule has 0 atom stereocenters. The second-order valence-corrected chi connectivity index (χ2v) is 5.50. The van der Waals surface area contributed by atoms with Gasteiger partial charge in [-0.05, 0) is 23.8 Å². The number of benzene rings is 2. The molecular formula is C19H16FN3O3. The number of carbonyl (C=O) groups excluding carboxylic acids is 1. The Kier molecular flexibility index (Phi) is 5.07. The molecule has 0 saturated carbocycles. The summed E-state index contributed by atoms with van der Waals surface area (Å²) < 4.78 is 19.5. The quantitative estimate of drug-likeness (QED) is 0.765. The van der Waals surface area contributed by atoms with E-state index in [2.05, 4.69) is 10.4 Å². The van der Waals surface area contributed by atoms with Gasteiger partial charge in [-0.1, -0.05) is 30.3 Å². The highest BCUT2D eigenvalue weighted by atomic mass is 19.1. The maximum Gasteiger partial charge on any atom is 0.276 e. The molecule has 0 radical (unpaired) electrons. The van der Waals surface area contributed by atoms with Crippen LogP contribution in [0.25, 0.3) is 0 Å². The first-order valence-corrected chi connectivity index (χ1v) is 7.84. The van der Waals surface area contributed by atoms with Crippen molar-refractivity contribution in [2.75, 3.05) is 12.4 Å². The number of amides is 1. The van der Waals surface area contributed by atoms with Crippen molar-refractivity contribution in [3.63, 3.8) is 0 Å². The first-order chi connectivity index (χ1) is 12.6. The largest absolute Gasteiger partial charge is 0.494 e. The zero-order valence-electron chi connectivity index (χ0n) is 14.0. The van der Waals surface area contributed by atoms with Crippen LogP contribution in [0.2, 0.25) is 0 Å². The predicted molar refractivity (Wildman–Crippen MR) is 94.9 cm³/mol. The zero-order chi connectivity index (χ0) is 18.5. The van der Waals surface area contributed by atoms with E-state index in [0.29, 0.717) is 5.69 Å². The van der Waals surface area contributed by atoms with Gasteiger partial charge in [0, 0.05) is 12.1 Å². The fourth-order valence-electron chi connectivity index (χ4n) is 2.39. The van der Waals surface area contributed by atoms with Gasteiger partial charge in [-0.3, -0.25) is 9.59 Å². The molecule has 0 fully saturated rings. The van der Waals surface area contributed by atoms with Crippen LogP contribution < -0.4 is 15.6 Å². The number of carbonyl (C=O) groups is 1. The Morgan fingerprint density at radius 2 is 1.92 bits per heavy atom. The Labute approximate surface area is 148 Å². The molecule has 0 aliphatic carbocycles. The first kappa shape index (κ1) is 17.3. The van der Waals surface area contributed by atoms with E-state index >= 15 is 0 Å². The smallest absolute Gasteiger partial charge is 0.276 e. The SMILES string of the molecule is COc1cc(F)ccc1NC(=O)c1ccc(=O)n(Cc2ccccc2)n1. The molecule has 1 N–H and O–H groups in total. The molecule has 1 aromatic heterocycles. The Balaban J connectivity index is 1.84. The van der Waals surface area contributed by atoms with Crippen LogP contribution in [-0.4, -0.2) is 22.8 Å². The molecule has 0 unspecified atom stereocenters. The van der Waals surface area contributed by atoms with Gasteiger partial charge < -0.3 is 10.1 Å². The minimum atomic E-state index is -0.531. The van der Waals surface area contributed by atoms with Crippen molar-refractivity contribution in [1.82, 2.24) is 9.78 Å². The summed E-state index contributed by atoms with van der Waals surface area (Å²) >= 11 is 0. The number of nitrogens with zero attached hydrogens (tertiary/aromatic N) is 2. The van der Waals surface area contributed by atoms with E-state index in [1.165, 1.54) is 42.1 Å². The number of hydrogen-bond acceptors (Lipinski definition) is 4. The molecule has 26 heavy (non-hydrogen) atoms. The Hall–Kier alpha value is -3.48. The molecule has 132 valence electrons. The van der Waals surface area contributed by atoms with Crippen LogP contribution in [-0.2, 0) is 6.54 Å². The van der Waals surface area contributed by atoms with Gasteiger partial charge in [0.1, 0.15) is 17.3 Å². The van der Waals surface area contributed by atoms with Crippen LogP contribution in [0.3, 0.4) is 0 Å². The van der Waals surface area contributed by atoms with Gasteiger partial charge in [0.2, 0.25) is 0 Å². The molecule has 3 aromatic rings. The lowest BCUT2D eigenvalue weighted by Gasteiger charge is -2.11. The van der Waals surface area contributed by atoms with Crippen molar-refractivity contribution < 1.29 is 13.9 Å². The molecule has 6 nitrogen and oxygen atoms in total. The second kappa shape index (κ2) is 7.60. The molecule has 1 amide bonds. The maximum atomic E-state index is 13.3. The lowest BCUT2D eigenvalue weighted by Crippen LogP contribution is -2.26. The van der Waals surface area contributed by atoms with Gasteiger partial charge in [0.05, 0.1) is 19.3 Å². The van der Waals surface area contributed by atoms with Crippen molar-refractivity contribution in [2.45, 2.75) is 6.54 Å². The zero-order valence-corrected chi connectivity index (χ0v) is 14.0. The van der Waals surface area contributed by atoms with Crippen molar-refractivity contribution in [3.8, 4) is 5.75 Å². The van der Waals surface area contributed by atoms with Crippen LogP contribution in [0.1, 0.15) is 16.1 Å². The van der Waals surface area contributed by atoms with E-state index < -0.39 is 11.7 Å². The summed E-state index contributed by atoms with van der Waals surface area (Å²) in [4.78, 5) is 24.4. The highest BCUT2D eigenvalue weighted by molar-refractivity contribution is 6.03. The topological polar surface area (TPSA) is 73.2 Å². The average Bonchev–Trinajstić information content (AvgIpc) is 2.65. The molecule has 2 aromatic carbocycles. The van der Waals surface area contributed by atoms with E-state index in [1.807, 2.05) is 30.3 Å². The Morgan fingerprint density at radius 3 is 2.65 bits per heavy atom. The van der Waals surface area contributed by atoms with Crippen molar-refractivity contribution in [2.24, 2.45) is 0 Å². The van der Waals surface area contributed by atoms with Gasteiger partial charge in [0.15, 0.2) is 0 Å². The Morgan fingerprint density at radius 1 is 1.15 bits per heavy atom. The van der Waals surface area contributed by atoms with E-state index in [4.69, 9.17) is 4.74 Å². The number of hydrogen-bond donors (Lipinski definition) is 1. The summed E-state index contributed by atoms with van der Waals surface area (Å²) in [7, 11) is 1.38. The highest BCUT2D eigenvalue weighted by Crippen LogP contribution is 2.25. The summed E-state index contributed by atoms with van der Waals surface area (Å²) in [6.07, 6.45) is 0. The summed E-state index contributed by atoms with van der Waals surface area (Å²) in [5, 5.41) is 6.72. The molecular weight excluding hydrogens is 337 g/mol. The number of ether oxygens (including phenoxy) is 1. The number of aromatic nitrogens is 2. The molecule has 0 saturated heterocycles. The van der Waals surface area contributed by atoms with Gasteiger partial charge in [-0.15, -0.1) is 0 Å². The van der Waals surface area contributed by atoms with E-state index in [-0.39, 0.29) is 23.5 Å². The van der Waals surface area contributed by atoms with E-state index in [9.17, 15) is 14.0 Å². The highest BCUT2D eigenvalue weighted by Gasteiger charge is 2.13. The van der Waals surface area contributed by atoms with Crippen LogP contribution in [0.4, 0.5) is 10.1 Å². The summed E-state index contributed by atoms with van der Waals surface area (Å²) in [6.45, 7) is 0.251. The number of methoxy groups -OCH3 is 1. The number of rotatable bonds is 5. The standard InChI is InChI=1S/C19H16FN3O3/c1-26-17-11-14(20)7-8-15(17)21-19(25)16-9-10-18(24)23(22-16)12-13-5-3-2-4-6-13/h2-11H,12H2,1H3,(H,21,25). The molecule has 7 heteroatoms. The van der Waals surface area contributed by atoms with Crippen molar-refractivity contribution in [3.05, 3.63) is 88.1 Å². The summed E-state index contributed by atoms with van der Waals surface area (Å²) in [5.74, 6) is -0.818. The second-order valence-electron chi connectivity index (χ2n) is 5.50. The molecule has 3 rings (SSSR count). The monoisotopic (exact) mass is 353 g/mol. The van der Waals surface area contributed by atoms with Gasteiger partial charge in [0.25, 0.3) is 11.5 Å². The van der Waals surface area contributed by atoms with Gasteiger partial charge in [-0.25, -0.2) is 9.07 Å². The third-order valence-corrected chi connectivity index (χ3v) is 3.69. The summed E-state index contributed by atoms with van der Waals surface area (Å²) in [6, 6.07) is 15.7. The molecule has 0 aliphatic heterocycles. The predicted octanol–water partition coefficient (Wildman–Crippen LogP) is 2.69. The number of halogens is 1. The Bertz CT molecular complexity index is 987. The lowest BCUT2D eigenvalue weighted by molar-refractivity contribution is 0.101. The van der Waals surface area contributed by atoms with Crippen molar-refractivity contribution >= 4 is 11.6 Å². The van der Waals surface area contributed by atoms with E-state index in [0.717, 1.165) is 5.56 Å². The molecule has 0 aliphatic rings. The maximum absolute atomic E-state index is 13.3. The van der Waals surface area contributed by atoms with Crippen LogP contribution >= 0.6 is 0 Å². The molecule has 1 heterocycles. The lowest BCUT2D eigenvalue weighted by atomic mass is 10.2. The summed E-state index contributed by atoms with van der Waals surface area (Å²) in [5.41, 5.74) is 0.943. The molecule has 0 bridgehead atoms. The normalized spacial score (nSPS) is 10.4. The van der Waals surface area contributed by atoms with Crippen LogP contribution in [0.15, 0.2) is 65.5 Å².